The maximum atomic E-state index is 12.1. The first-order valence-corrected chi connectivity index (χ1v) is 9.17. The molecule has 0 aromatic heterocycles. The van der Waals surface area contributed by atoms with E-state index in [0.717, 1.165) is 37.7 Å². The number of ketones is 1. The van der Waals surface area contributed by atoms with E-state index < -0.39 is 0 Å². The molecule has 5 atom stereocenters. The molecule has 0 saturated heterocycles. The lowest BCUT2D eigenvalue weighted by atomic mass is 9.49. The van der Waals surface area contributed by atoms with Crippen LogP contribution < -0.4 is 0 Å². The van der Waals surface area contributed by atoms with Gasteiger partial charge in [-0.25, -0.2) is 0 Å². The van der Waals surface area contributed by atoms with Crippen molar-refractivity contribution >= 4 is 5.78 Å². The quantitative estimate of drug-likeness (QED) is 0.731. The SMILES string of the molecule is CC(=O)C1=CC=C2[C@@H]3CC=C4C[C@@H](O)CC[C@]4(C)C3CC[C@]12C. The van der Waals surface area contributed by atoms with Gasteiger partial charge in [0, 0.05) is 11.0 Å². The standard InChI is InChI=1S/C21H28O2/c1-13(22)17-6-7-18-16-5-4-14-12-15(23)8-10-20(14,2)19(16)9-11-21(17,18)3/h4,6-7,15-16,19,23H,5,8-12H2,1-3H3/t15-,16-,19?,20-,21+/m0/s1. The first-order valence-electron chi connectivity index (χ1n) is 9.17. The van der Waals surface area contributed by atoms with Crippen molar-refractivity contribution in [1.29, 1.82) is 0 Å². The van der Waals surface area contributed by atoms with Crippen LogP contribution in [0.15, 0.2) is 34.9 Å². The summed E-state index contributed by atoms with van der Waals surface area (Å²) in [5.74, 6) is 1.48. The van der Waals surface area contributed by atoms with Crippen molar-refractivity contribution in [1.82, 2.24) is 0 Å². The topological polar surface area (TPSA) is 37.3 Å². The number of Topliss-reactive ketones (excluding diaryl/α,β-unsaturated/α-hetero) is 1. The molecular formula is C21H28O2. The van der Waals surface area contributed by atoms with Crippen LogP contribution in [0.2, 0.25) is 0 Å². The Morgan fingerprint density at radius 1 is 1.22 bits per heavy atom. The van der Waals surface area contributed by atoms with Crippen LogP contribution in [0.3, 0.4) is 0 Å². The van der Waals surface area contributed by atoms with Gasteiger partial charge in [0.05, 0.1) is 6.10 Å². The zero-order valence-electron chi connectivity index (χ0n) is 14.6. The molecule has 2 saturated carbocycles. The first kappa shape index (κ1) is 15.4. The highest BCUT2D eigenvalue weighted by Gasteiger charge is 2.54. The van der Waals surface area contributed by atoms with E-state index in [1.165, 1.54) is 17.6 Å². The first-order chi connectivity index (χ1) is 10.9. The molecule has 23 heavy (non-hydrogen) atoms. The number of fused-ring (bicyclic) bond motifs is 5. The molecule has 1 unspecified atom stereocenters. The highest BCUT2D eigenvalue weighted by Crippen LogP contribution is 2.63. The minimum absolute atomic E-state index is 0.0249. The summed E-state index contributed by atoms with van der Waals surface area (Å²) >= 11 is 0. The fourth-order valence-corrected chi connectivity index (χ4v) is 6.16. The second-order valence-electron chi connectivity index (χ2n) is 8.62. The number of aliphatic hydroxyl groups excluding tert-OH is 1. The average molecular weight is 312 g/mol. The molecule has 0 spiro atoms. The number of rotatable bonds is 1. The Kier molecular flexibility index (Phi) is 3.29. The highest BCUT2D eigenvalue weighted by molar-refractivity contribution is 5.96. The van der Waals surface area contributed by atoms with Crippen LogP contribution in [0, 0.1) is 22.7 Å². The molecule has 4 aliphatic rings. The number of hydrogen-bond acceptors (Lipinski definition) is 2. The molecule has 2 nitrogen and oxygen atoms in total. The van der Waals surface area contributed by atoms with Crippen LogP contribution in [0.4, 0.5) is 0 Å². The summed E-state index contributed by atoms with van der Waals surface area (Å²) in [6.45, 7) is 6.42. The van der Waals surface area contributed by atoms with Gasteiger partial charge in [-0.15, -0.1) is 0 Å². The molecule has 0 aromatic carbocycles. The molecule has 4 aliphatic carbocycles. The van der Waals surface area contributed by atoms with Crippen molar-refractivity contribution in [2.45, 2.75) is 65.4 Å². The second-order valence-corrected chi connectivity index (χ2v) is 8.62. The van der Waals surface area contributed by atoms with Gasteiger partial charge in [-0.1, -0.05) is 43.2 Å². The van der Waals surface area contributed by atoms with Crippen LogP contribution in [-0.4, -0.2) is 17.0 Å². The summed E-state index contributed by atoms with van der Waals surface area (Å²) in [6, 6.07) is 0. The molecule has 1 N–H and O–H groups in total. The maximum absolute atomic E-state index is 12.1. The maximum Gasteiger partial charge on any atom is 0.156 e. The zero-order valence-corrected chi connectivity index (χ0v) is 14.6. The van der Waals surface area contributed by atoms with E-state index in [0.29, 0.717) is 11.8 Å². The Balaban J connectivity index is 1.70. The van der Waals surface area contributed by atoms with Crippen LogP contribution in [-0.2, 0) is 4.79 Å². The predicted molar refractivity (Wildman–Crippen MR) is 91.8 cm³/mol. The third kappa shape index (κ3) is 2.00. The Hall–Kier alpha value is -1.15. The van der Waals surface area contributed by atoms with E-state index >= 15 is 0 Å². The van der Waals surface area contributed by atoms with E-state index in [4.69, 9.17) is 0 Å². The van der Waals surface area contributed by atoms with Crippen LogP contribution in [0.1, 0.15) is 59.3 Å². The zero-order chi connectivity index (χ0) is 16.4. The monoisotopic (exact) mass is 312 g/mol. The van der Waals surface area contributed by atoms with E-state index in [-0.39, 0.29) is 22.7 Å². The van der Waals surface area contributed by atoms with Crippen molar-refractivity contribution < 1.29 is 9.90 Å². The summed E-state index contributed by atoms with van der Waals surface area (Å²) in [6.07, 6.45) is 12.9. The van der Waals surface area contributed by atoms with Crippen molar-refractivity contribution in [3.8, 4) is 0 Å². The summed E-state index contributed by atoms with van der Waals surface area (Å²) in [7, 11) is 0. The number of carbonyl (C=O) groups is 1. The molecule has 4 rings (SSSR count). The van der Waals surface area contributed by atoms with Gasteiger partial charge < -0.3 is 5.11 Å². The summed E-state index contributed by atoms with van der Waals surface area (Å²) < 4.78 is 0. The molecular weight excluding hydrogens is 284 g/mol. The van der Waals surface area contributed by atoms with Gasteiger partial charge in [0.25, 0.3) is 0 Å². The number of hydrogen-bond donors (Lipinski definition) is 1. The predicted octanol–water partition coefficient (Wildman–Crippen LogP) is 4.36. The fourth-order valence-electron chi connectivity index (χ4n) is 6.16. The number of aliphatic hydroxyl groups is 1. The molecule has 124 valence electrons. The molecule has 0 radical (unpaired) electrons. The Morgan fingerprint density at radius 2 is 2.00 bits per heavy atom. The molecule has 2 heteroatoms. The fraction of sp³-hybridized carbons (Fsp3) is 0.667. The lowest BCUT2D eigenvalue weighted by Gasteiger charge is -2.55. The molecule has 0 amide bonds. The van der Waals surface area contributed by atoms with Gasteiger partial charge in [-0.2, -0.15) is 0 Å². The molecule has 0 bridgehead atoms. The van der Waals surface area contributed by atoms with E-state index in [1.54, 1.807) is 6.92 Å². The third-order valence-corrected chi connectivity index (χ3v) is 7.50. The minimum atomic E-state index is -0.142. The van der Waals surface area contributed by atoms with Crippen molar-refractivity contribution in [2.75, 3.05) is 0 Å². The molecule has 0 aromatic rings. The van der Waals surface area contributed by atoms with Crippen molar-refractivity contribution in [2.24, 2.45) is 22.7 Å². The van der Waals surface area contributed by atoms with Gasteiger partial charge >= 0.3 is 0 Å². The average Bonchev–Trinajstić information content (AvgIpc) is 2.85. The van der Waals surface area contributed by atoms with E-state index in [9.17, 15) is 9.90 Å². The van der Waals surface area contributed by atoms with Crippen LogP contribution in [0.25, 0.3) is 0 Å². The Labute approximate surface area is 139 Å². The lowest BCUT2D eigenvalue weighted by Crippen LogP contribution is -2.47. The number of carbonyl (C=O) groups excluding carboxylic acids is 1. The third-order valence-electron chi connectivity index (χ3n) is 7.50. The van der Waals surface area contributed by atoms with Gasteiger partial charge in [-0.05, 0) is 62.7 Å². The Morgan fingerprint density at radius 3 is 2.74 bits per heavy atom. The van der Waals surface area contributed by atoms with Gasteiger partial charge in [0.2, 0.25) is 0 Å². The lowest BCUT2D eigenvalue weighted by molar-refractivity contribution is -0.114. The van der Waals surface area contributed by atoms with Crippen LogP contribution in [0.5, 0.6) is 0 Å². The smallest absolute Gasteiger partial charge is 0.156 e. The molecule has 0 aliphatic heterocycles. The normalized spacial score (nSPS) is 45.2. The molecule has 0 heterocycles. The number of allylic oxidation sites excluding steroid dienone is 5. The van der Waals surface area contributed by atoms with E-state index in [2.05, 4.69) is 32.1 Å². The Bertz CT molecular complexity index is 653. The van der Waals surface area contributed by atoms with Crippen LogP contribution >= 0.6 is 0 Å². The molecule has 2 fully saturated rings. The van der Waals surface area contributed by atoms with E-state index in [1.807, 2.05) is 0 Å². The van der Waals surface area contributed by atoms with Gasteiger partial charge in [0.15, 0.2) is 5.78 Å². The second kappa shape index (κ2) is 4.92. The largest absolute Gasteiger partial charge is 0.393 e. The van der Waals surface area contributed by atoms with Crippen molar-refractivity contribution in [3.63, 3.8) is 0 Å². The van der Waals surface area contributed by atoms with Gasteiger partial charge in [-0.3, -0.25) is 4.79 Å². The minimum Gasteiger partial charge on any atom is -0.393 e. The van der Waals surface area contributed by atoms with Crippen molar-refractivity contribution in [3.05, 3.63) is 34.9 Å². The highest BCUT2D eigenvalue weighted by atomic mass is 16.3. The summed E-state index contributed by atoms with van der Waals surface area (Å²) in [5.41, 5.74) is 4.25. The summed E-state index contributed by atoms with van der Waals surface area (Å²) in [5, 5.41) is 10.0. The summed E-state index contributed by atoms with van der Waals surface area (Å²) in [4.78, 5) is 12.1. The van der Waals surface area contributed by atoms with Gasteiger partial charge in [0.1, 0.15) is 0 Å².